The van der Waals surface area contributed by atoms with E-state index in [1.165, 1.54) is 10.6 Å². The van der Waals surface area contributed by atoms with E-state index in [4.69, 9.17) is 0 Å². The van der Waals surface area contributed by atoms with Gasteiger partial charge in [0.15, 0.2) is 0 Å². The Bertz CT molecular complexity index is 1100. The molecule has 0 aromatic heterocycles. The normalized spacial score (nSPS) is 12.1. The van der Waals surface area contributed by atoms with Crippen molar-refractivity contribution < 1.29 is 18.0 Å². The second-order valence-electron chi connectivity index (χ2n) is 8.89. The number of carbonyl (C=O) groups excluding carboxylic acids is 2. The maximum Gasteiger partial charge on any atom is 0.242 e. The Morgan fingerprint density at radius 1 is 0.971 bits per heavy atom. The highest BCUT2D eigenvalue weighted by Gasteiger charge is 2.29. The third-order valence-corrected chi connectivity index (χ3v) is 7.25. The van der Waals surface area contributed by atoms with Crippen molar-refractivity contribution in [2.45, 2.75) is 66.0 Å². The van der Waals surface area contributed by atoms with Crippen LogP contribution in [0.1, 0.15) is 56.2 Å². The van der Waals surface area contributed by atoms with Gasteiger partial charge < -0.3 is 10.2 Å². The minimum Gasteiger partial charge on any atom is -0.354 e. The summed E-state index contributed by atoms with van der Waals surface area (Å²) in [4.78, 5) is 28.0. The van der Waals surface area contributed by atoms with Gasteiger partial charge in [-0.3, -0.25) is 13.9 Å². The second-order valence-corrected chi connectivity index (χ2v) is 10.8. The molecule has 0 saturated heterocycles. The predicted octanol–water partition coefficient (Wildman–Crippen LogP) is 4.18. The van der Waals surface area contributed by atoms with E-state index < -0.39 is 16.1 Å². The van der Waals surface area contributed by atoms with E-state index >= 15 is 0 Å². The number of hydrogen-bond donors (Lipinski definition) is 1. The molecular weight excluding hydrogens is 462 g/mol. The van der Waals surface area contributed by atoms with Gasteiger partial charge in [0.2, 0.25) is 21.8 Å². The number of para-hydroxylation sites is 1. The molecule has 0 unspecified atom stereocenters. The lowest BCUT2D eigenvalue weighted by molar-refractivity contribution is -0.141. The minimum atomic E-state index is -3.51. The van der Waals surface area contributed by atoms with Gasteiger partial charge in [0.05, 0.1) is 11.9 Å². The molecule has 0 aliphatic rings. The Hall–Kier alpha value is -2.87. The molecule has 0 heterocycles. The summed E-state index contributed by atoms with van der Waals surface area (Å²) in [6.45, 7) is 8.81. The molecule has 0 spiro atoms. The molecule has 7 nitrogen and oxygen atoms in total. The van der Waals surface area contributed by atoms with Crippen molar-refractivity contribution in [1.82, 2.24) is 10.2 Å². The van der Waals surface area contributed by atoms with Crippen LogP contribution in [0.2, 0.25) is 0 Å². The molecule has 2 amide bonds. The van der Waals surface area contributed by atoms with E-state index in [1.54, 1.807) is 17.0 Å². The average Bonchev–Trinajstić information content (AvgIpc) is 2.81. The van der Waals surface area contributed by atoms with E-state index in [2.05, 4.69) is 5.32 Å². The van der Waals surface area contributed by atoms with Gasteiger partial charge in [-0.15, -0.1) is 0 Å². The molecule has 192 valence electrons. The summed E-state index contributed by atoms with van der Waals surface area (Å²) in [5.41, 5.74) is 3.51. The molecular formula is C27H39N3O4S. The van der Waals surface area contributed by atoms with E-state index in [9.17, 15) is 18.0 Å². The molecule has 0 aliphatic heterocycles. The summed E-state index contributed by atoms with van der Waals surface area (Å²) in [7, 11) is -3.51. The van der Waals surface area contributed by atoms with E-state index in [1.807, 2.05) is 64.1 Å². The summed E-state index contributed by atoms with van der Waals surface area (Å²) in [6.07, 6.45) is 2.97. The van der Waals surface area contributed by atoms with Crippen molar-refractivity contribution in [3.63, 3.8) is 0 Å². The first-order chi connectivity index (χ1) is 16.6. The molecule has 2 aromatic rings. The van der Waals surface area contributed by atoms with Crippen LogP contribution in [0, 0.1) is 13.8 Å². The molecule has 35 heavy (non-hydrogen) atoms. The summed E-state index contributed by atoms with van der Waals surface area (Å²) in [6, 6.07) is 14.5. The third-order valence-electron chi connectivity index (χ3n) is 6.07. The van der Waals surface area contributed by atoms with Crippen LogP contribution in [0.25, 0.3) is 0 Å². The van der Waals surface area contributed by atoms with Crippen LogP contribution in [-0.4, -0.2) is 50.5 Å². The Balaban J connectivity index is 2.22. The van der Waals surface area contributed by atoms with Gasteiger partial charge >= 0.3 is 0 Å². The number of amides is 2. The SMILES string of the molecule is CCCNC(=O)[C@@H](CC)N(Cc1ccccc1C)C(=O)CCCN(c1ccccc1C)S(C)(=O)=O. The predicted molar refractivity (Wildman–Crippen MR) is 142 cm³/mol. The van der Waals surface area contributed by atoms with E-state index in [0.29, 0.717) is 31.6 Å². The van der Waals surface area contributed by atoms with Gasteiger partial charge in [-0.05, 0) is 55.9 Å². The van der Waals surface area contributed by atoms with Crippen LogP contribution >= 0.6 is 0 Å². The Labute approximate surface area is 210 Å². The fraction of sp³-hybridized carbons (Fsp3) is 0.481. The number of rotatable bonds is 13. The summed E-state index contributed by atoms with van der Waals surface area (Å²) in [5.74, 6) is -0.320. The van der Waals surface area contributed by atoms with Crippen LogP contribution < -0.4 is 9.62 Å². The minimum absolute atomic E-state index is 0.140. The van der Waals surface area contributed by atoms with Crippen molar-refractivity contribution in [3.8, 4) is 0 Å². The molecule has 1 N–H and O–H groups in total. The highest BCUT2D eigenvalue weighted by molar-refractivity contribution is 7.92. The zero-order chi connectivity index (χ0) is 26.0. The lowest BCUT2D eigenvalue weighted by Crippen LogP contribution is -2.49. The van der Waals surface area contributed by atoms with Crippen molar-refractivity contribution >= 4 is 27.5 Å². The Morgan fingerprint density at radius 3 is 2.17 bits per heavy atom. The first kappa shape index (κ1) is 28.4. The second kappa shape index (κ2) is 13.3. The molecule has 0 fully saturated rings. The first-order valence-corrected chi connectivity index (χ1v) is 14.1. The molecule has 0 radical (unpaired) electrons. The summed E-state index contributed by atoms with van der Waals surface area (Å²) in [5, 5.41) is 2.92. The lowest BCUT2D eigenvalue weighted by atomic mass is 10.1. The molecule has 1 atom stereocenters. The van der Waals surface area contributed by atoms with E-state index in [0.717, 1.165) is 23.1 Å². The fourth-order valence-corrected chi connectivity index (χ4v) is 5.11. The monoisotopic (exact) mass is 501 g/mol. The maximum absolute atomic E-state index is 13.5. The number of sulfonamides is 1. The van der Waals surface area contributed by atoms with Crippen molar-refractivity contribution in [2.24, 2.45) is 0 Å². The van der Waals surface area contributed by atoms with Crippen molar-refractivity contribution in [2.75, 3.05) is 23.7 Å². The van der Waals surface area contributed by atoms with Gasteiger partial charge in [-0.25, -0.2) is 8.42 Å². The first-order valence-electron chi connectivity index (χ1n) is 12.2. The van der Waals surface area contributed by atoms with Crippen molar-refractivity contribution in [3.05, 3.63) is 65.2 Å². The number of anilines is 1. The zero-order valence-corrected chi connectivity index (χ0v) is 22.4. The molecule has 2 aromatic carbocycles. The molecule has 2 rings (SSSR count). The number of nitrogens with zero attached hydrogens (tertiary/aromatic N) is 2. The number of nitrogens with one attached hydrogen (secondary N) is 1. The van der Waals surface area contributed by atoms with Gasteiger partial charge in [-0.2, -0.15) is 0 Å². The van der Waals surface area contributed by atoms with Crippen LogP contribution in [0.3, 0.4) is 0 Å². The number of hydrogen-bond acceptors (Lipinski definition) is 4. The smallest absolute Gasteiger partial charge is 0.242 e. The maximum atomic E-state index is 13.5. The highest BCUT2D eigenvalue weighted by atomic mass is 32.2. The molecule has 8 heteroatoms. The number of aryl methyl sites for hydroxylation is 2. The van der Waals surface area contributed by atoms with Gasteiger partial charge in [0, 0.05) is 26.1 Å². The molecule has 0 saturated carbocycles. The summed E-state index contributed by atoms with van der Waals surface area (Å²) < 4.78 is 26.3. The summed E-state index contributed by atoms with van der Waals surface area (Å²) >= 11 is 0. The molecule has 0 aliphatic carbocycles. The van der Waals surface area contributed by atoms with Crippen LogP contribution in [0.15, 0.2) is 48.5 Å². The highest BCUT2D eigenvalue weighted by Crippen LogP contribution is 2.23. The van der Waals surface area contributed by atoms with Gasteiger partial charge in [-0.1, -0.05) is 56.3 Å². The topological polar surface area (TPSA) is 86.8 Å². The quantitative estimate of drug-likeness (QED) is 0.446. The van der Waals surface area contributed by atoms with Gasteiger partial charge in [0.25, 0.3) is 0 Å². The van der Waals surface area contributed by atoms with Crippen molar-refractivity contribution in [1.29, 1.82) is 0 Å². The van der Waals surface area contributed by atoms with E-state index in [-0.39, 0.29) is 24.8 Å². The van der Waals surface area contributed by atoms with Gasteiger partial charge in [0.1, 0.15) is 6.04 Å². The largest absolute Gasteiger partial charge is 0.354 e. The molecule has 0 bridgehead atoms. The zero-order valence-electron chi connectivity index (χ0n) is 21.6. The Morgan fingerprint density at radius 2 is 1.60 bits per heavy atom. The Kier molecular flexibility index (Phi) is 10.8. The lowest BCUT2D eigenvalue weighted by Gasteiger charge is -2.31. The fourth-order valence-electron chi connectivity index (χ4n) is 4.08. The average molecular weight is 502 g/mol. The van der Waals surface area contributed by atoms with Crippen LogP contribution in [0.5, 0.6) is 0 Å². The van der Waals surface area contributed by atoms with Crippen LogP contribution in [-0.2, 0) is 26.2 Å². The third kappa shape index (κ3) is 8.09. The number of carbonyl (C=O) groups is 2. The number of benzene rings is 2. The standard InChI is InChI=1S/C27H39N3O4S/c1-6-18-28-27(32)24(7-2)29(20-23-15-10-8-13-21(23)3)26(31)17-12-19-30(35(5,33)34)25-16-11-9-14-22(25)4/h8-11,13-16,24H,6-7,12,17-20H2,1-5H3,(H,28,32)/t24-/m1/s1. The van der Waals surface area contributed by atoms with Crippen LogP contribution in [0.4, 0.5) is 5.69 Å².